The van der Waals surface area contributed by atoms with Gasteiger partial charge in [0.2, 0.25) is 11.8 Å². The predicted molar refractivity (Wildman–Crippen MR) is 128 cm³/mol. The summed E-state index contributed by atoms with van der Waals surface area (Å²) in [5.74, 6) is -0.106. The van der Waals surface area contributed by atoms with Crippen molar-refractivity contribution >= 4 is 28.4 Å². The van der Waals surface area contributed by atoms with Crippen molar-refractivity contribution in [2.75, 3.05) is 0 Å². The van der Waals surface area contributed by atoms with Gasteiger partial charge in [-0.3, -0.25) is 19.5 Å². The topological polar surface area (TPSA) is 117 Å². The number of hydrogen-bond acceptors (Lipinski definition) is 8. The Hall–Kier alpha value is -4.38. The van der Waals surface area contributed by atoms with E-state index < -0.39 is 21.5 Å². The molecule has 0 unspecified atom stereocenters. The van der Waals surface area contributed by atoms with E-state index in [4.69, 9.17) is 4.42 Å². The van der Waals surface area contributed by atoms with E-state index in [-0.39, 0.29) is 28.3 Å². The van der Waals surface area contributed by atoms with E-state index in [1.54, 1.807) is 43.3 Å². The lowest BCUT2D eigenvalue weighted by Crippen LogP contribution is -2.22. The molecule has 174 valence electrons. The van der Waals surface area contributed by atoms with E-state index in [9.17, 15) is 19.3 Å². The van der Waals surface area contributed by atoms with E-state index in [1.165, 1.54) is 52.7 Å². The van der Waals surface area contributed by atoms with Gasteiger partial charge in [-0.1, -0.05) is 36.0 Å². The number of nitrogens with zero attached hydrogens (tertiary/aromatic N) is 5. The molecule has 2 heterocycles. The zero-order chi connectivity index (χ0) is 24.5. The van der Waals surface area contributed by atoms with Crippen LogP contribution in [0.4, 0.5) is 10.1 Å². The van der Waals surface area contributed by atoms with Gasteiger partial charge in [-0.2, -0.15) is 0 Å². The van der Waals surface area contributed by atoms with Crippen molar-refractivity contribution in [2.24, 2.45) is 0 Å². The number of nitro benzene ring substituents is 1. The van der Waals surface area contributed by atoms with E-state index >= 15 is 0 Å². The molecule has 9 nitrogen and oxygen atoms in total. The Bertz CT molecular complexity index is 1620. The third-order valence-electron chi connectivity index (χ3n) is 5.23. The minimum atomic E-state index is -0.556. The Morgan fingerprint density at radius 2 is 1.74 bits per heavy atom. The molecule has 0 bridgehead atoms. The van der Waals surface area contributed by atoms with Crippen molar-refractivity contribution in [1.29, 1.82) is 0 Å². The number of halogens is 1. The average Bonchev–Trinajstić information content (AvgIpc) is 3.36. The number of hydrogen-bond donors (Lipinski definition) is 0. The number of nitro groups is 1. The highest BCUT2D eigenvalue weighted by molar-refractivity contribution is 7.99. The van der Waals surface area contributed by atoms with Crippen molar-refractivity contribution in [3.05, 3.63) is 105 Å². The summed E-state index contributed by atoms with van der Waals surface area (Å²) in [6.45, 7) is 1.80. The summed E-state index contributed by atoms with van der Waals surface area (Å²) in [7, 11) is 0. The first-order valence-corrected chi connectivity index (χ1v) is 11.3. The van der Waals surface area contributed by atoms with Gasteiger partial charge in [0, 0.05) is 17.7 Å². The summed E-state index contributed by atoms with van der Waals surface area (Å²) >= 11 is 1.17. The molecule has 3 aromatic carbocycles. The summed E-state index contributed by atoms with van der Waals surface area (Å²) in [5.41, 5.74) is 0.650. The first-order valence-electron chi connectivity index (χ1n) is 10.4. The summed E-state index contributed by atoms with van der Waals surface area (Å²) in [4.78, 5) is 28.3. The minimum Gasteiger partial charge on any atom is -0.419 e. The molecule has 0 aliphatic carbocycles. The number of benzene rings is 3. The van der Waals surface area contributed by atoms with Gasteiger partial charge >= 0.3 is 0 Å². The first-order chi connectivity index (χ1) is 16.9. The van der Waals surface area contributed by atoms with Gasteiger partial charge in [0.25, 0.3) is 11.2 Å². The molecule has 0 saturated carbocycles. The van der Waals surface area contributed by atoms with Crippen LogP contribution in [0.5, 0.6) is 0 Å². The van der Waals surface area contributed by atoms with Gasteiger partial charge < -0.3 is 4.42 Å². The molecule has 5 rings (SSSR count). The van der Waals surface area contributed by atoms with Gasteiger partial charge in [-0.15, -0.1) is 10.2 Å². The lowest BCUT2D eigenvalue weighted by atomic mass is 10.2. The maximum Gasteiger partial charge on any atom is 0.269 e. The van der Waals surface area contributed by atoms with Crippen molar-refractivity contribution in [1.82, 2.24) is 19.7 Å². The number of rotatable bonds is 6. The molecule has 2 aromatic heterocycles. The van der Waals surface area contributed by atoms with Crippen LogP contribution >= 0.6 is 11.8 Å². The third kappa shape index (κ3) is 4.28. The Morgan fingerprint density at radius 3 is 2.49 bits per heavy atom. The van der Waals surface area contributed by atoms with Crippen LogP contribution in [0.1, 0.15) is 18.1 Å². The summed E-state index contributed by atoms with van der Waals surface area (Å²) in [6.07, 6.45) is 0. The fourth-order valence-corrected chi connectivity index (χ4v) is 4.44. The zero-order valence-electron chi connectivity index (χ0n) is 18.2. The fraction of sp³-hybridized carbons (Fsp3) is 0.0833. The number of thioether (sulfide) groups is 1. The number of fused-ring (bicyclic) bond motifs is 1. The molecular formula is C24H16FN5O4S. The van der Waals surface area contributed by atoms with Crippen LogP contribution in [0.3, 0.4) is 0 Å². The average molecular weight is 489 g/mol. The van der Waals surface area contributed by atoms with Crippen LogP contribution in [0.2, 0.25) is 0 Å². The van der Waals surface area contributed by atoms with Gasteiger partial charge in [0.1, 0.15) is 5.82 Å². The molecule has 1 atom stereocenters. The first kappa shape index (κ1) is 22.4. The molecule has 0 amide bonds. The van der Waals surface area contributed by atoms with Crippen LogP contribution in [0, 0.1) is 15.9 Å². The summed E-state index contributed by atoms with van der Waals surface area (Å²) in [5, 5.41) is 19.2. The molecule has 0 aliphatic heterocycles. The highest BCUT2D eigenvalue weighted by Crippen LogP contribution is 2.35. The fourth-order valence-electron chi connectivity index (χ4n) is 3.49. The second-order valence-electron chi connectivity index (χ2n) is 7.51. The molecule has 0 saturated heterocycles. The summed E-state index contributed by atoms with van der Waals surface area (Å²) < 4.78 is 21.7. The van der Waals surface area contributed by atoms with Crippen LogP contribution in [-0.2, 0) is 0 Å². The molecule has 11 heteroatoms. The van der Waals surface area contributed by atoms with Crippen molar-refractivity contribution in [3.63, 3.8) is 0 Å². The van der Waals surface area contributed by atoms with Crippen molar-refractivity contribution in [3.8, 4) is 17.1 Å². The molecule has 35 heavy (non-hydrogen) atoms. The molecule has 0 spiro atoms. The van der Waals surface area contributed by atoms with Gasteiger partial charge in [-0.25, -0.2) is 9.37 Å². The highest BCUT2D eigenvalue weighted by atomic mass is 32.2. The Balaban J connectivity index is 1.52. The van der Waals surface area contributed by atoms with E-state index in [2.05, 4.69) is 15.2 Å². The lowest BCUT2D eigenvalue weighted by molar-refractivity contribution is -0.384. The van der Waals surface area contributed by atoms with Crippen LogP contribution < -0.4 is 5.56 Å². The Labute approximate surface area is 201 Å². The van der Waals surface area contributed by atoms with Gasteiger partial charge in [0.05, 0.1) is 26.8 Å². The molecule has 0 aliphatic rings. The maximum absolute atomic E-state index is 14.7. The molecule has 0 radical (unpaired) electrons. The minimum absolute atomic E-state index is 0.0501. The molecular weight excluding hydrogens is 473 g/mol. The second kappa shape index (κ2) is 9.11. The summed E-state index contributed by atoms with van der Waals surface area (Å²) in [6, 6.07) is 18.6. The Kier molecular flexibility index (Phi) is 5.83. The number of aromatic nitrogens is 4. The van der Waals surface area contributed by atoms with E-state index in [1.807, 2.05) is 0 Å². The lowest BCUT2D eigenvalue weighted by Gasteiger charge is -2.15. The Morgan fingerprint density at radius 1 is 1.03 bits per heavy atom. The quantitative estimate of drug-likeness (QED) is 0.136. The number of para-hydroxylation sites is 2. The van der Waals surface area contributed by atoms with Crippen molar-refractivity contribution in [2.45, 2.75) is 17.3 Å². The third-order valence-corrected chi connectivity index (χ3v) is 6.27. The van der Waals surface area contributed by atoms with Crippen LogP contribution in [0.25, 0.3) is 28.0 Å². The standard InChI is InChI=1S/C24H16FN5O4S/c1-14(21-27-28-22(34-21)15-10-12-16(13-11-15)30(32)33)35-24-26-19-8-4-2-6-17(19)23(31)29(24)20-9-5-3-7-18(20)25/h2-14H,1H3/t14-/m0/s1. The largest absolute Gasteiger partial charge is 0.419 e. The normalized spacial score (nSPS) is 12.1. The van der Waals surface area contributed by atoms with Crippen LogP contribution in [-0.4, -0.2) is 24.7 Å². The van der Waals surface area contributed by atoms with Gasteiger partial charge in [0.15, 0.2) is 5.16 Å². The van der Waals surface area contributed by atoms with Gasteiger partial charge in [-0.05, 0) is 43.3 Å². The number of non-ortho nitro benzene ring substituents is 1. The SMILES string of the molecule is C[C@H](Sc1nc2ccccc2c(=O)n1-c1ccccc1F)c1nnc(-c2ccc([N+](=O)[O-])cc2)o1. The van der Waals surface area contributed by atoms with Crippen LogP contribution in [0.15, 0.2) is 87.2 Å². The zero-order valence-corrected chi connectivity index (χ0v) is 19.0. The second-order valence-corrected chi connectivity index (χ2v) is 8.82. The van der Waals surface area contributed by atoms with Crippen molar-refractivity contribution < 1.29 is 13.7 Å². The van der Waals surface area contributed by atoms with E-state index in [0.29, 0.717) is 16.5 Å². The molecule has 5 aromatic rings. The van der Waals surface area contributed by atoms with E-state index in [0.717, 1.165) is 0 Å². The monoisotopic (exact) mass is 489 g/mol. The maximum atomic E-state index is 14.7. The molecule has 0 fully saturated rings. The highest BCUT2D eigenvalue weighted by Gasteiger charge is 2.22. The predicted octanol–water partition coefficient (Wildman–Crippen LogP) is 5.34. The molecule has 0 N–H and O–H groups in total. The smallest absolute Gasteiger partial charge is 0.269 e.